The predicted molar refractivity (Wildman–Crippen MR) is 116 cm³/mol. The number of amides is 1. The molecule has 29 heavy (non-hydrogen) atoms. The largest absolute Gasteiger partial charge is 0.354 e. The van der Waals surface area contributed by atoms with E-state index in [0.29, 0.717) is 6.54 Å². The Morgan fingerprint density at radius 1 is 0.897 bits per heavy atom. The lowest BCUT2D eigenvalue weighted by molar-refractivity contribution is -0.122. The fraction of sp³-hybridized carbons (Fsp3) is 0.261. The van der Waals surface area contributed by atoms with Gasteiger partial charge in [-0.2, -0.15) is 4.72 Å². The van der Waals surface area contributed by atoms with Crippen LogP contribution in [0.25, 0.3) is 10.8 Å². The molecule has 0 radical (unpaired) electrons. The van der Waals surface area contributed by atoms with Crippen LogP contribution in [0.1, 0.15) is 19.4 Å². The second-order valence-electron chi connectivity index (χ2n) is 7.51. The summed E-state index contributed by atoms with van der Waals surface area (Å²) in [7, 11) is -3.87. The fourth-order valence-corrected chi connectivity index (χ4v) is 4.29. The third-order valence-electron chi connectivity index (χ3n) is 4.61. The molecule has 0 saturated heterocycles. The number of benzene rings is 3. The molecule has 6 heteroatoms. The number of hydrogen-bond acceptors (Lipinski definition) is 3. The predicted octanol–water partition coefficient (Wildman–Crippen LogP) is 3.50. The summed E-state index contributed by atoms with van der Waals surface area (Å²) in [5, 5.41) is 4.63. The van der Waals surface area contributed by atoms with Gasteiger partial charge in [-0.1, -0.05) is 74.5 Å². The van der Waals surface area contributed by atoms with Crippen molar-refractivity contribution in [2.45, 2.75) is 31.2 Å². The first kappa shape index (κ1) is 21.0. The van der Waals surface area contributed by atoms with E-state index in [4.69, 9.17) is 0 Å². The van der Waals surface area contributed by atoms with E-state index < -0.39 is 16.1 Å². The Hall–Kier alpha value is -2.70. The second kappa shape index (κ2) is 9.20. The maximum Gasteiger partial charge on any atom is 0.241 e. The molecule has 3 aromatic rings. The second-order valence-corrected chi connectivity index (χ2v) is 9.23. The molecule has 1 atom stereocenters. The summed E-state index contributed by atoms with van der Waals surface area (Å²) in [6.45, 7) is 4.47. The Labute approximate surface area is 172 Å². The first-order valence-corrected chi connectivity index (χ1v) is 11.2. The Morgan fingerprint density at radius 2 is 1.55 bits per heavy atom. The average Bonchev–Trinajstić information content (AvgIpc) is 2.71. The topological polar surface area (TPSA) is 75.3 Å². The van der Waals surface area contributed by atoms with Crippen molar-refractivity contribution in [3.63, 3.8) is 0 Å². The van der Waals surface area contributed by atoms with Crippen LogP contribution in [0, 0.1) is 5.92 Å². The summed E-state index contributed by atoms with van der Waals surface area (Å²) in [6, 6.07) is 21.0. The highest BCUT2D eigenvalue weighted by atomic mass is 32.2. The van der Waals surface area contributed by atoms with Crippen molar-refractivity contribution in [2.75, 3.05) is 6.54 Å². The molecule has 0 saturated carbocycles. The average molecular weight is 411 g/mol. The van der Waals surface area contributed by atoms with E-state index in [0.717, 1.165) is 16.3 Å². The molecule has 0 bridgehead atoms. The minimum Gasteiger partial charge on any atom is -0.354 e. The number of carbonyl (C=O) groups is 1. The van der Waals surface area contributed by atoms with Gasteiger partial charge in [-0.25, -0.2) is 8.42 Å². The Kier molecular flexibility index (Phi) is 6.67. The van der Waals surface area contributed by atoms with Gasteiger partial charge in [0.2, 0.25) is 15.9 Å². The minimum atomic E-state index is -3.87. The van der Waals surface area contributed by atoms with Gasteiger partial charge in [0.25, 0.3) is 0 Å². The smallest absolute Gasteiger partial charge is 0.241 e. The minimum absolute atomic E-state index is 0.144. The van der Waals surface area contributed by atoms with Crippen molar-refractivity contribution < 1.29 is 13.2 Å². The van der Waals surface area contributed by atoms with Crippen molar-refractivity contribution in [1.82, 2.24) is 10.0 Å². The van der Waals surface area contributed by atoms with Gasteiger partial charge in [-0.05, 0) is 40.8 Å². The molecule has 0 spiro atoms. The summed E-state index contributed by atoms with van der Waals surface area (Å²) in [4.78, 5) is 12.9. The van der Waals surface area contributed by atoms with E-state index in [1.807, 2.05) is 68.4 Å². The summed E-state index contributed by atoms with van der Waals surface area (Å²) in [6.07, 6.45) is 0.275. The number of carbonyl (C=O) groups excluding carboxylic acids is 1. The van der Waals surface area contributed by atoms with Gasteiger partial charge in [-0.15, -0.1) is 0 Å². The van der Waals surface area contributed by atoms with Crippen LogP contribution in [0.2, 0.25) is 0 Å². The van der Waals surface area contributed by atoms with Gasteiger partial charge in [-0.3, -0.25) is 4.79 Å². The molecule has 0 heterocycles. The SMILES string of the molecule is CC(C)CNC(=O)C(Cc1ccccc1)NS(=O)(=O)c1ccc2ccccc2c1. The summed E-state index contributed by atoms with van der Waals surface area (Å²) < 4.78 is 28.7. The normalized spacial score (nSPS) is 12.8. The zero-order chi connectivity index (χ0) is 20.9. The monoisotopic (exact) mass is 410 g/mol. The standard InChI is InChI=1S/C23H26N2O3S/c1-17(2)16-24-23(26)22(14-18-8-4-3-5-9-18)25-29(27,28)21-13-12-19-10-6-7-11-20(19)15-21/h3-13,15,17,22,25H,14,16H2,1-2H3,(H,24,26). The number of sulfonamides is 1. The van der Waals surface area contributed by atoms with Crippen molar-refractivity contribution in [1.29, 1.82) is 0 Å². The van der Waals surface area contributed by atoms with E-state index in [1.54, 1.807) is 18.2 Å². The van der Waals surface area contributed by atoms with E-state index in [9.17, 15) is 13.2 Å². The third-order valence-corrected chi connectivity index (χ3v) is 6.08. The maximum atomic E-state index is 13.0. The van der Waals surface area contributed by atoms with Crippen LogP contribution in [0.15, 0.2) is 77.7 Å². The van der Waals surface area contributed by atoms with Gasteiger partial charge in [0, 0.05) is 6.54 Å². The quantitative estimate of drug-likeness (QED) is 0.597. The highest BCUT2D eigenvalue weighted by molar-refractivity contribution is 7.89. The molecular weight excluding hydrogens is 384 g/mol. The first-order chi connectivity index (χ1) is 13.8. The first-order valence-electron chi connectivity index (χ1n) is 9.68. The van der Waals surface area contributed by atoms with Crippen LogP contribution in [0.4, 0.5) is 0 Å². The highest BCUT2D eigenvalue weighted by Gasteiger charge is 2.26. The summed E-state index contributed by atoms with van der Waals surface area (Å²) in [5.74, 6) is -0.0552. The van der Waals surface area contributed by atoms with Gasteiger partial charge >= 0.3 is 0 Å². The maximum absolute atomic E-state index is 13.0. The van der Waals surface area contributed by atoms with Gasteiger partial charge in [0.1, 0.15) is 6.04 Å². The summed E-state index contributed by atoms with van der Waals surface area (Å²) in [5.41, 5.74) is 0.887. The van der Waals surface area contributed by atoms with Gasteiger partial charge in [0.05, 0.1) is 4.90 Å². The molecule has 3 aromatic carbocycles. The van der Waals surface area contributed by atoms with Crippen LogP contribution in [0.5, 0.6) is 0 Å². The molecule has 0 aromatic heterocycles. The molecule has 1 amide bonds. The van der Waals surface area contributed by atoms with E-state index in [1.165, 1.54) is 0 Å². The van der Waals surface area contributed by atoms with E-state index >= 15 is 0 Å². The molecule has 0 aliphatic heterocycles. The number of rotatable bonds is 8. The van der Waals surface area contributed by atoms with Crippen molar-refractivity contribution >= 4 is 26.7 Å². The third kappa shape index (κ3) is 5.65. The lowest BCUT2D eigenvalue weighted by atomic mass is 10.1. The lowest BCUT2D eigenvalue weighted by Gasteiger charge is -2.19. The summed E-state index contributed by atoms with van der Waals surface area (Å²) >= 11 is 0. The zero-order valence-corrected chi connectivity index (χ0v) is 17.4. The fourth-order valence-electron chi connectivity index (χ4n) is 3.06. The highest BCUT2D eigenvalue weighted by Crippen LogP contribution is 2.19. The van der Waals surface area contributed by atoms with E-state index in [-0.39, 0.29) is 23.1 Å². The van der Waals surface area contributed by atoms with E-state index in [2.05, 4.69) is 10.0 Å². The Bertz CT molecular complexity index is 1080. The van der Waals surface area contributed by atoms with Crippen LogP contribution in [-0.2, 0) is 21.2 Å². The zero-order valence-electron chi connectivity index (χ0n) is 16.6. The number of hydrogen-bond donors (Lipinski definition) is 2. The molecule has 1 unspecified atom stereocenters. The molecule has 3 rings (SSSR count). The van der Waals surface area contributed by atoms with Crippen molar-refractivity contribution in [2.24, 2.45) is 5.92 Å². The molecule has 2 N–H and O–H groups in total. The number of nitrogens with one attached hydrogen (secondary N) is 2. The van der Waals surface area contributed by atoms with Crippen molar-refractivity contribution in [3.05, 3.63) is 78.4 Å². The van der Waals surface area contributed by atoms with Crippen LogP contribution < -0.4 is 10.0 Å². The lowest BCUT2D eigenvalue weighted by Crippen LogP contribution is -2.48. The van der Waals surface area contributed by atoms with Crippen LogP contribution >= 0.6 is 0 Å². The van der Waals surface area contributed by atoms with Crippen molar-refractivity contribution in [3.8, 4) is 0 Å². The molecular formula is C23H26N2O3S. The Balaban J connectivity index is 1.86. The van der Waals surface area contributed by atoms with Gasteiger partial charge in [0.15, 0.2) is 0 Å². The molecule has 0 fully saturated rings. The molecule has 0 aliphatic rings. The molecule has 0 aliphatic carbocycles. The molecule has 5 nitrogen and oxygen atoms in total. The molecule has 152 valence electrons. The van der Waals surface area contributed by atoms with Gasteiger partial charge < -0.3 is 5.32 Å². The number of fused-ring (bicyclic) bond motifs is 1. The van der Waals surface area contributed by atoms with Crippen LogP contribution in [-0.4, -0.2) is 26.9 Å². The Morgan fingerprint density at radius 3 is 2.24 bits per heavy atom. The van der Waals surface area contributed by atoms with Crippen LogP contribution in [0.3, 0.4) is 0 Å².